The second kappa shape index (κ2) is 6.14. The van der Waals surface area contributed by atoms with E-state index in [1.54, 1.807) is 0 Å². The van der Waals surface area contributed by atoms with E-state index >= 15 is 0 Å². The molecule has 96 valence electrons. The summed E-state index contributed by atoms with van der Waals surface area (Å²) >= 11 is 0. The number of aromatic nitrogens is 2. The lowest BCUT2D eigenvalue weighted by molar-refractivity contribution is 0.107. The Balaban J connectivity index is 1.91. The summed E-state index contributed by atoms with van der Waals surface area (Å²) in [6, 6.07) is 0.168. The molecule has 0 aliphatic carbocycles. The average molecular weight is 238 g/mol. The van der Waals surface area contributed by atoms with Crippen molar-refractivity contribution in [1.29, 1.82) is 0 Å². The van der Waals surface area contributed by atoms with Gasteiger partial charge in [0.15, 0.2) is 0 Å². The molecule has 3 N–H and O–H groups in total. The zero-order chi connectivity index (χ0) is 12.1. The molecule has 0 bridgehead atoms. The number of hydrogen-bond donors (Lipinski definition) is 2. The monoisotopic (exact) mass is 238 g/mol. The molecule has 1 aliphatic rings. The van der Waals surface area contributed by atoms with Gasteiger partial charge in [0.25, 0.3) is 0 Å². The maximum absolute atomic E-state index is 5.83. The van der Waals surface area contributed by atoms with Gasteiger partial charge < -0.3 is 20.4 Å². The summed E-state index contributed by atoms with van der Waals surface area (Å²) in [6.45, 7) is 5.38. The summed E-state index contributed by atoms with van der Waals surface area (Å²) in [4.78, 5) is 4.18. The zero-order valence-corrected chi connectivity index (χ0v) is 10.4. The molecule has 0 aromatic carbocycles. The van der Waals surface area contributed by atoms with Gasteiger partial charge in [0.1, 0.15) is 0 Å². The Labute approximate surface area is 102 Å². The summed E-state index contributed by atoms with van der Waals surface area (Å²) in [5.74, 6) is 0. The molecular formula is C12H22N4O. The molecule has 0 saturated carbocycles. The topological polar surface area (TPSA) is 65.1 Å². The van der Waals surface area contributed by atoms with E-state index in [1.165, 1.54) is 6.42 Å². The highest BCUT2D eigenvalue weighted by Gasteiger charge is 2.19. The van der Waals surface area contributed by atoms with Gasteiger partial charge in [-0.3, -0.25) is 0 Å². The minimum atomic E-state index is 0.168. The third-order valence-corrected chi connectivity index (χ3v) is 3.29. The Morgan fingerprint density at radius 3 is 3.24 bits per heavy atom. The normalized spacial score (nSPS) is 21.9. The van der Waals surface area contributed by atoms with E-state index in [-0.39, 0.29) is 6.04 Å². The summed E-state index contributed by atoms with van der Waals surface area (Å²) < 4.78 is 7.72. The molecule has 5 heteroatoms. The van der Waals surface area contributed by atoms with Gasteiger partial charge in [0.05, 0.1) is 24.2 Å². The summed E-state index contributed by atoms with van der Waals surface area (Å²) in [7, 11) is 0. The van der Waals surface area contributed by atoms with Gasteiger partial charge in [-0.25, -0.2) is 4.98 Å². The Hall–Kier alpha value is -0.910. The van der Waals surface area contributed by atoms with Crippen LogP contribution >= 0.6 is 0 Å². The molecular weight excluding hydrogens is 216 g/mol. The number of rotatable bonds is 6. The minimum absolute atomic E-state index is 0.168. The summed E-state index contributed by atoms with van der Waals surface area (Å²) in [5, 5.41) is 3.48. The van der Waals surface area contributed by atoms with E-state index in [4.69, 9.17) is 10.5 Å². The standard InChI is InChI=1S/C12H22N4O/c1-2-16-9-14-8-12(16)11(6-13)15-7-10-4-3-5-17-10/h8-11,15H,2-7,13H2,1H3. The van der Waals surface area contributed by atoms with Crippen LogP contribution in [0.1, 0.15) is 31.5 Å². The number of nitrogens with zero attached hydrogens (tertiary/aromatic N) is 2. The van der Waals surface area contributed by atoms with Crippen molar-refractivity contribution in [3.8, 4) is 0 Å². The molecule has 5 nitrogen and oxygen atoms in total. The fourth-order valence-electron chi connectivity index (χ4n) is 2.27. The van der Waals surface area contributed by atoms with Crippen molar-refractivity contribution in [3.63, 3.8) is 0 Å². The van der Waals surface area contributed by atoms with Crippen LogP contribution in [0.5, 0.6) is 0 Å². The van der Waals surface area contributed by atoms with Crippen LogP contribution in [0.15, 0.2) is 12.5 Å². The van der Waals surface area contributed by atoms with Gasteiger partial charge in [-0.2, -0.15) is 0 Å². The molecule has 17 heavy (non-hydrogen) atoms. The predicted octanol–water partition coefficient (Wildman–Crippen LogP) is 0.671. The molecule has 1 fully saturated rings. The van der Waals surface area contributed by atoms with Crippen molar-refractivity contribution in [2.45, 2.75) is 38.5 Å². The third-order valence-electron chi connectivity index (χ3n) is 3.29. The Kier molecular flexibility index (Phi) is 4.53. The molecule has 2 unspecified atom stereocenters. The van der Waals surface area contributed by atoms with Gasteiger partial charge in [0.2, 0.25) is 0 Å². The van der Waals surface area contributed by atoms with Gasteiger partial charge >= 0.3 is 0 Å². The first-order valence-electron chi connectivity index (χ1n) is 6.40. The van der Waals surface area contributed by atoms with Crippen LogP contribution in [-0.2, 0) is 11.3 Å². The summed E-state index contributed by atoms with van der Waals surface area (Å²) in [5.41, 5.74) is 6.99. The number of imidazole rings is 1. The van der Waals surface area contributed by atoms with Crippen LogP contribution < -0.4 is 11.1 Å². The lowest BCUT2D eigenvalue weighted by atomic mass is 10.2. The molecule has 0 radical (unpaired) electrons. The van der Waals surface area contributed by atoms with E-state index in [1.807, 2.05) is 12.5 Å². The molecule has 2 rings (SSSR count). The fourth-order valence-corrected chi connectivity index (χ4v) is 2.27. The Morgan fingerprint density at radius 1 is 1.71 bits per heavy atom. The van der Waals surface area contributed by atoms with E-state index in [9.17, 15) is 0 Å². The lowest BCUT2D eigenvalue weighted by Crippen LogP contribution is -2.35. The molecule has 2 atom stereocenters. The van der Waals surface area contributed by atoms with Crippen molar-refractivity contribution < 1.29 is 4.74 Å². The van der Waals surface area contributed by atoms with Crippen molar-refractivity contribution in [3.05, 3.63) is 18.2 Å². The molecule has 0 amide bonds. The number of hydrogen-bond acceptors (Lipinski definition) is 4. The number of nitrogens with one attached hydrogen (secondary N) is 1. The van der Waals surface area contributed by atoms with E-state index < -0.39 is 0 Å². The third kappa shape index (κ3) is 3.06. The first-order chi connectivity index (χ1) is 8.35. The van der Waals surface area contributed by atoms with E-state index in [0.717, 1.165) is 31.8 Å². The highest BCUT2D eigenvalue weighted by molar-refractivity contribution is 5.06. The second-order valence-electron chi connectivity index (χ2n) is 4.44. The highest BCUT2D eigenvalue weighted by atomic mass is 16.5. The Morgan fingerprint density at radius 2 is 2.59 bits per heavy atom. The van der Waals surface area contributed by atoms with Crippen LogP contribution in [-0.4, -0.2) is 35.4 Å². The molecule has 2 heterocycles. The van der Waals surface area contributed by atoms with Crippen LogP contribution in [0.4, 0.5) is 0 Å². The molecule has 1 aromatic rings. The SMILES string of the molecule is CCn1cncc1C(CN)NCC1CCCO1. The zero-order valence-electron chi connectivity index (χ0n) is 10.4. The maximum atomic E-state index is 5.83. The van der Waals surface area contributed by atoms with E-state index in [2.05, 4.69) is 21.8 Å². The fraction of sp³-hybridized carbons (Fsp3) is 0.750. The van der Waals surface area contributed by atoms with Crippen LogP contribution in [0, 0.1) is 0 Å². The van der Waals surface area contributed by atoms with E-state index in [0.29, 0.717) is 12.6 Å². The second-order valence-corrected chi connectivity index (χ2v) is 4.44. The van der Waals surface area contributed by atoms with Gasteiger partial charge in [0, 0.05) is 32.4 Å². The number of nitrogens with two attached hydrogens (primary N) is 1. The van der Waals surface area contributed by atoms with Crippen molar-refractivity contribution >= 4 is 0 Å². The average Bonchev–Trinajstić information content (AvgIpc) is 3.00. The maximum Gasteiger partial charge on any atom is 0.0948 e. The first kappa shape index (κ1) is 12.5. The van der Waals surface area contributed by atoms with Crippen LogP contribution in [0.25, 0.3) is 0 Å². The largest absolute Gasteiger partial charge is 0.377 e. The summed E-state index contributed by atoms with van der Waals surface area (Å²) in [6.07, 6.45) is 6.42. The first-order valence-corrected chi connectivity index (χ1v) is 6.40. The predicted molar refractivity (Wildman–Crippen MR) is 66.7 cm³/mol. The highest BCUT2D eigenvalue weighted by Crippen LogP contribution is 2.14. The Bertz CT molecular complexity index is 333. The molecule has 0 spiro atoms. The van der Waals surface area contributed by atoms with Crippen LogP contribution in [0.3, 0.4) is 0 Å². The van der Waals surface area contributed by atoms with Crippen molar-refractivity contribution in [1.82, 2.24) is 14.9 Å². The number of ether oxygens (including phenoxy) is 1. The minimum Gasteiger partial charge on any atom is -0.377 e. The quantitative estimate of drug-likeness (QED) is 0.764. The van der Waals surface area contributed by atoms with Gasteiger partial charge in [-0.15, -0.1) is 0 Å². The van der Waals surface area contributed by atoms with Gasteiger partial charge in [-0.05, 0) is 19.8 Å². The lowest BCUT2D eigenvalue weighted by Gasteiger charge is -2.20. The molecule has 1 aliphatic heterocycles. The molecule has 1 aromatic heterocycles. The molecule has 1 saturated heterocycles. The smallest absolute Gasteiger partial charge is 0.0948 e. The van der Waals surface area contributed by atoms with Gasteiger partial charge in [-0.1, -0.05) is 0 Å². The van der Waals surface area contributed by atoms with Crippen molar-refractivity contribution in [2.24, 2.45) is 5.73 Å². The number of aryl methyl sites for hydroxylation is 1. The van der Waals surface area contributed by atoms with Crippen LogP contribution in [0.2, 0.25) is 0 Å². The van der Waals surface area contributed by atoms with Crippen molar-refractivity contribution in [2.75, 3.05) is 19.7 Å².